The Morgan fingerprint density at radius 3 is 2.72 bits per heavy atom. The van der Waals surface area contributed by atoms with E-state index in [2.05, 4.69) is 41.9 Å². The maximum atomic E-state index is 11.8. The smallest absolute Gasteiger partial charge is 0.220 e. The lowest BCUT2D eigenvalue weighted by atomic mass is 10.1. The molecule has 0 saturated carbocycles. The van der Waals surface area contributed by atoms with Crippen molar-refractivity contribution in [1.82, 2.24) is 14.9 Å². The van der Waals surface area contributed by atoms with Crippen LogP contribution in [0.25, 0.3) is 11.0 Å². The zero-order valence-corrected chi connectivity index (χ0v) is 17.9. The molecule has 1 aromatic heterocycles. The molecule has 1 amide bonds. The van der Waals surface area contributed by atoms with E-state index >= 15 is 0 Å². The summed E-state index contributed by atoms with van der Waals surface area (Å²) in [5.41, 5.74) is 4.49. The summed E-state index contributed by atoms with van der Waals surface area (Å²) in [5.74, 6) is 1.90. The molecule has 1 unspecified atom stereocenters. The van der Waals surface area contributed by atoms with Crippen LogP contribution in [0.5, 0.6) is 5.75 Å². The molecular formula is C24H31N3O2. The zero-order valence-electron chi connectivity index (χ0n) is 17.9. The van der Waals surface area contributed by atoms with Crippen LogP contribution in [-0.4, -0.2) is 22.1 Å². The molecule has 0 spiro atoms. The SMILES string of the molecule is CCC(=O)NC(C)c1nc2ccccc2n1CCCCOc1ccc(C)cc1C. The molecule has 5 heteroatoms. The van der Waals surface area contributed by atoms with Crippen molar-refractivity contribution in [1.29, 1.82) is 0 Å². The fourth-order valence-electron chi connectivity index (χ4n) is 3.58. The van der Waals surface area contributed by atoms with Crippen LogP contribution < -0.4 is 10.1 Å². The van der Waals surface area contributed by atoms with E-state index < -0.39 is 0 Å². The summed E-state index contributed by atoms with van der Waals surface area (Å²) in [4.78, 5) is 16.6. The second-order valence-corrected chi connectivity index (χ2v) is 7.58. The number of ether oxygens (including phenoxy) is 1. The first-order chi connectivity index (χ1) is 14.0. The molecule has 0 radical (unpaired) electrons. The van der Waals surface area contributed by atoms with E-state index in [1.54, 1.807) is 0 Å². The van der Waals surface area contributed by atoms with Gasteiger partial charge in [-0.05, 0) is 57.4 Å². The topological polar surface area (TPSA) is 56.2 Å². The van der Waals surface area contributed by atoms with E-state index in [4.69, 9.17) is 9.72 Å². The second-order valence-electron chi connectivity index (χ2n) is 7.58. The van der Waals surface area contributed by atoms with Gasteiger partial charge in [0.25, 0.3) is 0 Å². The molecule has 0 aliphatic carbocycles. The number of benzene rings is 2. The highest BCUT2D eigenvalue weighted by Crippen LogP contribution is 2.22. The van der Waals surface area contributed by atoms with Crippen molar-refractivity contribution in [2.24, 2.45) is 0 Å². The Bertz CT molecular complexity index is 977. The first-order valence-electron chi connectivity index (χ1n) is 10.4. The van der Waals surface area contributed by atoms with Gasteiger partial charge in [0.1, 0.15) is 11.6 Å². The molecule has 1 N–H and O–H groups in total. The van der Waals surface area contributed by atoms with Gasteiger partial charge in [0.2, 0.25) is 5.91 Å². The fraction of sp³-hybridized carbons (Fsp3) is 0.417. The predicted octanol–water partition coefficient (Wildman–Crippen LogP) is 5.10. The molecule has 1 atom stereocenters. The third kappa shape index (κ3) is 5.17. The summed E-state index contributed by atoms with van der Waals surface area (Å²) in [6.07, 6.45) is 2.40. The van der Waals surface area contributed by atoms with Gasteiger partial charge in [-0.2, -0.15) is 0 Å². The Morgan fingerprint density at radius 2 is 1.97 bits per heavy atom. The molecular weight excluding hydrogens is 362 g/mol. The van der Waals surface area contributed by atoms with Crippen LogP contribution in [0.3, 0.4) is 0 Å². The van der Waals surface area contributed by atoms with Gasteiger partial charge in [-0.1, -0.05) is 36.8 Å². The molecule has 0 bridgehead atoms. The Labute approximate surface area is 173 Å². The number of aryl methyl sites for hydroxylation is 3. The highest BCUT2D eigenvalue weighted by atomic mass is 16.5. The van der Waals surface area contributed by atoms with Crippen molar-refractivity contribution in [2.45, 2.75) is 59.5 Å². The average molecular weight is 394 g/mol. The van der Waals surface area contributed by atoms with E-state index in [1.807, 2.05) is 38.1 Å². The number of fused-ring (bicyclic) bond motifs is 1. The van der Waals surface area contributed by atoms with Gasteiger partial charge in [0.05, 0.1) is 23.7 Å². The summed E-state index contributed by atoms with van der Waals surface area (Å²) in [7, 11) is 0. The van der Waals surface area contributed by atoms with Crippen molar-refractivity contribution >= 4 is 16.9 Å². The van der Waals surface area contributed by atoms with Crippen LogP contribution in [0.1, 0.15) is 56.1 Å². The fourth-order valence-corrected chi connectivity index (χ4v) is 3.58. The number of nitrogens with zero attached hydrogens (tertiary/aromatic N) is 2. The molecule has 0 aliphatic rings. The van der Waals surface area contributed by atoms with Crippen molar-refractivity contribution in [3.63, 3.8) is 0 Å². The summed E-state index contributed by atoms with van der Waals surface area (Å²) in [6, 6.07) is 14.3. The number of carbonyl (C=O) groups is 1. The van der Waals surface area contributed by atoms with Crippen LogP contribution in [0.15, 0.2) is 42.5 Å². The van der Waals surface area contributed by atoms with Crippen LogP contribution in [0.4, 0.5) is 0 Å². The number of unbranched alkanes of at least 4 members (excludes halogenated alkanes) is 1. The lowest BCUT2D eigenvalue weighted by molar-refractivity contribution is -0.121. The van der Waals surface area contributed by atoms with Gasteiger partial charge in [0, 0.05) is 13.0 Å². The van der Waals surface area contributed by atoms with Gasteiger partial charge < -0.3 is 14.6 Å². The third-order valence-corrected chi connectivity index (χ3v) is 5.13. The minimum atomic E-state index is -0.124. The Balaban J connectivity index is 1.64. The van der Waals surface area contributed by atoms with Gasteiger partial charge in [-0.25, -0.2) is 4.98 Å². The molecule has 154 valence electrons. The quantitative estimate of drug-likeness (QED) is 0.515. The second kappa shape index (κ2) is 9.59. The molecule has 5 nitrogen and oxygen atoms in total. The van der Waals surface area contributed by atoms with E-state index in [0.717, 1.165) is 42.0 Å². The Morgan fingerprint density at radius 1 is 1.17 bits per heavy atom. The molecule has 3 rings (SSSR count). The summed E-state index contributed by atoms with van der Waals surface area (Å²) in [6.45, 7) is 9.56. The summed E-state index contributed by atoms with van der Waals surface area (Å²) >= 11 is 0. The lowest BCUT2D eigenvalue weighted by Crippen LogP contribution is -2.28. The third-order valence-electron chi connectivity index (χ3n) is 5.13. The van der Waals surface area contributed by atoms with Gasteiger partial charge in [-0.15, -0.1) is 0 Å². The average Bonchev–Trinajstić information content (AvgIpc) is 3.08. The largest absolute Gasteiger partial charge is 0.493 e. The van der Waals surface area contributed by atoms with Gasteiger partial charge in [0.15, 0.2) is 0 Å². The van der Waals surface area contributed by atoms with Crippen molar-refractivity contribution in [3.8, 4) is 5.75 Å². The van der Waals surface area contributed by atoms with Crippen molar-refractivity contribution in [3.05, 3.63) is 59.4 Å². The number of rotatable bonds is 9. The predicted molar refractivity (Wildman–Crippen MR) is 117 cm³/mol. The number of para-hydroxylation sites is 2. The Kier molecular flexibility index (Phi) is 6.91. The minimum absolute atomic E-state index is 0.0398. The maximum Gasteiger partial charge on any atom is 0.220 e. The lowest BCUT2D eigenvalue weighted by Gasteiger charge is -2.16. The summed E-state index contributed by atoms with van der Waals surface area (Å²) < 4.78 is 8.19. The van der Waals surface area contributed by atoms with Crippen molar-refractivity contribution in [2.75, 3.05) is 6.61 Å². The van der Waals surface area contributed by atoms with Crippen LogP contribution >= 0.6 is 0 Å². The molecule has 2 aromatic carbocycles. The standard InChI is InChI=1S/C24H31N3O2/c1-5-23(28)25-19(4)24-26-20-10-6-7-11-21(20)27(24)14-8-9-15-29-22-13-12-17(2)16-18(22)3/h6-7,10-13,16,19H,5,8-9,14-15H2,1-4H3,(H,25,28). The molecule has 1 heterocycles. The van der Waals surface area contributed by atoms with E-state index in [9.17, 15) is 4.79 Å². The molecule has 29 heavy (non-hydrogen) atoms. The van der Waals surface area contributed by atoms with Crippen LogP contribution in [0.2, 0.25) is 0 Å². The number of carbonyl (C=O) groups excluding carboxylic acids is 1. The highest BCUT2D eigenvalue weighted by molar-refractivity contribution is 5.77. The van der Waals surface area contributed by atoms with Crippen LogP contribution in [-0.2, 0) is 11.3 Å². The number of hydrogen-bond donors (Lipinski definition) is 1. The van der Waals surface area contributed by atoms with E-state index in [-0.39, 0.29) is 11.9 Å². The van der Waals surface area contributed by atoms with E-state index in [0.29, 0.717) is 13.0 Å². The van der Waals surface area contributed by atoms with Gasteiger partial charge >= 0.3 is 0 Å². The maximum absolute atomic E-state index is 11.8. The molecule has 0 aliphatic heterocycles. The zero-order chi connectivity index (χ0) is 20.8. The highest BCUT2D eigenvalue weighted by Gasteiger charge is 2.17. The van der Waals surface area contributed by atoms with Crippen molar-refractivity contribution < 1.29 is 9.53 Å². The first-order valence-corrected chi connectivity index (χ1v) is 10.4. The normalized spacial score (nSPS) is 12.1. The van der Waals surface area contributed by atoms with E-state index in [1.165, 1.54) is 11.1 Å². The van der Waals surface area contributed by atoms with Gasteiger partial charge in [-0.3, -0.25) is 4.79 Å². The number of hydrogen-bond acceptors (Lipinski definition) is 3. The number of aromatic nitrogens is 2. The first kappa shape index (κ1) is 20.9. The Hall–Kier alpha value is -2.82. The molecule has 3 aromatic rings. The minimum Gasteiger partial charge on any atom is -0.493 e. The number of nitrogens with one attached hydrogen (secondary N) is 1. The molecule has 0 fully saturated rings. The number of amides is 1. The van der Waals surface area contributed by atoms with Crippen LogP contribution in [0, 0.1) is 13.8 Å². The monoisotopic (exact) mass is 393 g/mol. The summed E-state index contributed by atoms with van der Waals surface area (Å²) in [5, 5.41) is 3.03. The number of imidazole rings is 1. The molecule has 0 saturated heterocycles.